The molecule has 0 aliphatic rings. The molecule has 106 valence electrons. The molecule has 0 amide bonds. The van der Waals surface area contributed by atoms with Gasteiger partial charge in [0.2, 0.25) is 0 Å². The molecule has 0 heterocycles. The zero-order valence-corrected chi connectivity index (χ0v) is 14.0. The highest BCUT2D eigenvalue weighted by atomic mass is 79.9. The Morgan fingerprint density at radius 3 is 2.25 bits per heavy atom. The van der Waals surface area contributed by atoms with Crippen LogP contribution in [-0.4, -0.2) is 0 Å². The van der Waals surface area contributed by atoms with Crippen molar-refractivity contribution in [3.05, 3.63) is 56.5 Å². The van der Waals surface area contributed by atoms with Crippen LogP contribution in [0, 0.1) is 13.8 Å². The van der Waals surface area contributed by atoms with Crippen molar-refractivity contribution in [1.82, 2.24) is 0 Å². The van der Waals surface area contributed by atoms with E-state index < -0.39 is 0 Å². The van der Waals surface area contributed by atoms with Gasteiger partial charge in [0.15, 0.2) is 0 Å². The summed E-state index contributed by atoms with van der Waals surface area (Å²) in [5.74, 6) is 1.62. The molecule has 2 nitrogen and oxygen atoms in total. The SMILES string of the molecule is Cc1cc(Cl)cc(C)c1Oc1ccc([C@@H](C)N)c(Br)c1. The second-order valence-electron chi connectivity index (χ2n) is 4.94. The van der Waals surface area contributed by atoms with Crippen molar-refractivity contribution in [3.8, 4) is 11.5 Å². The number of hydrogen-bond donors (Lipinski definition) is 1. The smallest absolute Gasteiger partial charge is 0.133 e. The van der Waals surface area contributed by atoms with Crippen LogP contribution >= 0.6 is 27.5 Å². The largest absolute Gasteiger partial charge is 0.457 e. The van der Waals surface area contributed by atoms with E-state index in [0.717, 1.165) is 37.7 Å². The van der Waals surface area contributed by atoms with Crippen molar-refractivity contribution >= 4 is 27.5 Å². The summed E-state index contributed by atoms with van der Waals surface area (Å²) < 4.78 is 6.93. The number of hydrogen-bond acceptors (Lipinski definition) is 2. The van der Waals surface area contributed by atoms with E-state index >= 15 is 0 Å². The van der Waals surface area contributed by atoms with Gasteiger partial charge in [-0.05, 0) is 61.7 Å². The molecule has 0 saturated carbocycles. The summed E-state index contributed by atoms with van der Waals surface area (Å²) >= 11 is 9.56. The first-order valence-electron chi connectivity index (χ1n) is 6.38. The highest BCUT2D eigenvalue weighted by Crippen LogP contribution is 2.34. The van der Waals surface area contributed by atoms with Crippen LogP contribution < -0.4 is 10.5 Å². The maximum absolute atomic E-state index is 6.03. The standard InChI is InChI=1S/C16H17BrClNO/c1-9-6-12(18)7-10(2)16(9)20-13-4-5-14(11(3)19)15(17)8-13/h4-8,11H,19H2,1-3H3/t11-/m1/s1. The molecule has 0 aromatic heterocycles. The summed E-state index contributed by atoms with van der Waals surface area (Å²) in [6.07, 6.45) is 0. The van der Waals surface area contributed by atoms with Gasteiger partial charge in [-0.2, -0.15) is 0 Å². The molecule has 4 heteroatoms. The molecule has 0 spiro atoms. The third-order valence-corrected chi connectivity index (χ3v) is 4.01. The number of halogens is 2. The van der Waals surface area contributed by atoms with Crippen molar-refractivity contribution in [2.24, 2.45) is 5.73 Å². The molecule has 2 rings (SSSR count). The summed E-state index contributed by atoms with van der Waals surface area (Å²) in [6, 6.07) is 9.62. The zero-order valence-electron chi connectivity index (χ0n) is 11.7. The van der Waals surface area contributed by atoms with E-state index in [1.54, 1.807) is 0 Å². The van der Waals surface area contributed by atoms with Crippen LogP contribution in [0.1, 0.15) is 29.7 Å². The molecule has 0 aliphatic heterocycles. The number of nitrogens with two attached hydrogens (primary N) is 1. The Balaban J connectivity index is 2.34. The lowest BCUT2D eigenvalue weighted by Crippen LogP contribution is -2.05. The van der Waals surface area contributed by atoms with Gasteiger partial charge in [0.05, 0.1) is 0 Å². The van der Waals surface area contributed by atoms with Gasteiger partial charge in [-0.25, -0.2) is 0 Å². The Kier molecular flexibility index (Phi) is 4.74. The highest BCUT2D eigenvalue weighted by Gasteiger charge is 2.10. The Labute approximate surface area is 133 Å². The molecule has 2 N–H and O–H groups in total. The molecule has 0 radical (unpaired) electrons. The van der Waals surface area contributed by atoms with Crippen LogP contribution in [-0.2, 0) is 0 Å². The second kappa shape index (κ2) is 6.17. The fourth-order valence-electron chi connectivity index (χ4n) is 2.12. The normalized spacial score (nSPS) is 12.3. The predicted molar refractivity (Wildman–Crippen MR) is 87.7 cm³/mol. The molecule has 0 bridgehead atoms. The highest BCUT2D eigenvalue weighted by molar-refractivity contribution is 9.10. The fraction of sp³-hybridized carbons (Fsp3) is 0.250. The minimum atomic E-state index is -0.0163. The van der Waals surface area contributed by atoms with Crippen molar-refractivity contribution in [1.29, 1.82) is 0 Å². The Bertz CT molecular complexity index is 617. The van der Waals surface area contributed by atoms with Gasteiger partial charge in [-0.15, -0.1) is 0 Å². The molecule has 0 fully saturated rings. The van der Waals surface area contributed by atoms with Gasteiger partial charge in [0, 0.05) is 15.5 Å². The predicted octanol–water partition coefficient (Wildman–Crippen LogP) is 5.53. The average Bonchev–Trinajstić information content (AvgIpc) is 2.33. The van der Waals surface area contributed by atoms with E-state index in [9.17, 15) is 0 Å². The third kappa shape index (κ3) is 3.35. The van der Waals surface area contributed by atoms with E-state index in [-0.39, 0.29) is 6.04 Å². The minimum Gasteiger partial charge on any atom is -0.457 e. The van der Waals surface area contributed by atoms with E-state index in [1.165, 1.54) is 0 Å². The first-order valence-corrected chi connectivity index (χ1v) is 7.55. The molecule has 2 aromatic rings. The monoisotopic (exact) mass is 353 g/mol. The van der Waals surface area contributed by atoms with Crippen LogP contribution in [0.3, 0.4) is 0 Å². The molecule has 1 atom stereocenters. The Morgan fingerprint density at radius 1 is 1.15 bits per heavy atom. The molecule has 0 unspecified atom stereocenters. The number of ether oxygens (including phenoxy) is 1. The van der Waals surface area contributed by atoms with Gasteiger partial charge in [0.25, 0.3) is 0 Å². The number of aryl methyl sites for hydroxylation is 2. The zero-order chi connectivity index (χ0) is 14.9. The lowest BCUT2D eigenvalue weighted by atomic mass is 10.1. The van der Waals surface area contributed by atoms with Gasteiger partial charge in [0.1, 0.15) is 11.5 Å². The summed E-state index contributed by atoms with van der Waals surface area (Å²) in [6.45, 7) is 5.92. The average molecular weight is 355 g/mol. The topological polar surface area (TPSA) is 35.2 Å². The van der Waals surface area contributed by atoms with Gasteiger partial charge in [-0.3, -0.25) is 0 Å². The summed E-state index contributed by atoms with van der Waals surface area (Å²) in [5.41, 5.74) is 8.99. The molecule has 2 aromatic carbocycles. The van der Waals surface area contributed by atoms with Gasteiger partial charge >= 0.3 is 0 Å². The Morgan fingerprint density at radius 2 is 1.75 bits per heavy atom. The molecular weight excluding hydrogens is 338 g/mol. The summed E-state index contributed by atoms with van der Waals surface area (Å²) in [4.78, 5) is 0. The van der Waals surface area contributed by atoms with Crippen LogP contribution in [0.2, 0.25) is 5.02 Å². The van der Waals surface area contributed by atoms with E-state index in [0.29, 0.717) is 0 Å². The van der Waals surface area contributed by atoms with Crippen molar-refractivity contribution in [2.45, 2.75) is 26.8 Å². The number of benzene rings is 2. The summed E-state index contributed by atoms with van der Waals surface area (Å²) in [7, 11) is 0. The van der Waals surface area contributed by atoms with Crippen molar-refractivity contribution in [2.75, 3.05) is 0 Å². The molecule has 20 heavy (non-hydrogen) atoms. The maximum atomic E-state index is 6.03. The first kappa shape index (κ1) is 15.4. The van der Waals surface area contributed by atoms with E-state index in [2.05, 4.69) is 15.9 Å². The maximum Gasteiger partial charge on any atom is 0.133 e. The van der Waals surface area contributed by atoms with Crippen molar-refractivity contribution < 1.29 is 4.74 Å². The van der Waals surface area contributed by atoms with Gasteiger partial charge < -0.3 is 10.5 Å². The van der Waals surface area contributed by atoms with Crippen molar-refractivity contribution in [3.63, 3.8) is 0 Å². The second-order valence-corrected chi connectivity index (χ2v) is 6.23. The first-order chi connectivity index (χ1) is 9.38. The lowest BCUT2D eigenvalue weighted by Gasteiger charge is -2.14. The lowest BCUT2D eigenvalue weighted by molar-refractivity contribution is 0.474. The van der Waals surface area contributed by atoms with Crippen LogP contribution in [0.4, 0.5) is 0 Å². The number of rotatable bonds is 3. The van der Waals surface area contributed by atoms with E-state index in [4.69, 9.17) is 22.1 Å². The Hall–Kier alpha value is -1.03. The minimum absolute atomic E-state index is 0.0163. The molecule has 0 aliphatic carbocycles. The fourth-order valence-corrected chi connectivity index (χ4v) is 3.16. The quantitative estimate of drug-likeness (QED) is 0.786. The van der Waals surface area contributed by atoms with Crippen LogP contribution in [0.25, 0.3) is 0 Å². The molecule has 0 saturated heterocycles. The van der Waals surface area contributed by atoms with Gasteiger partial charge in [-0.1, -0.05) is 33.6 Å². The third-order valence-electron chi connectivity index (χ3n) is 3.11. The molecular formula is C16H17BrClNO. The summed E-state index contributed by atoms with van der Waals surface area (Å²) in [5, 5.41) is 0.723. The van der Waals surface area contributed by atoms with Crippen LogP contribution in [0.5, 0.6) is 11.5 Å². The van der Waals surface area contributed by atoms with E-state index in [1.807, 2.05) is 51.1 Å². The van der Waals surface area contributed by atoms with Crippen LogP contribution in [0.15, 0.2) is 34.8 Å².